The topological polar surface area (TPSA) is 84.2 Å². The number of amides is 1. The van der Waals surface area contributed by atoms with E-state index >= 15 is 0 Å². The van der Waals surface area contributed by atoms with Gasteiger partial charge in [0, 0.05) is 22.5 Å². The van der Waals surface area contributed by atoms with Crippen LogP contribution in [0.3, 0.4) is 0 Å². The highest BCUT2D eigenvalue weighted by atomic mass is 35.5. The third kappa shape index (κ3) is 6.99. The fraction of sp³-hybridized carbons (Fsp3) is 0.240. The van der Waals surface area contributed by atoms with E-state index in [0.29, 0.717) is 28.5 Å². The Morgan fingerprint density at radius 1 is 1.25 bits per heavy atom. The lowest BCUT2D eigenvalue weighted by Gasteiger charge is -2.10. The molecule has 0 saturated carbocycles. The first-order chi connectivity index (χ1) is 17.1. The van der Waals surface area contributed by atoms with Crippen molar-refractivity contribution in [2.24, 2.45) is 0 Å². The summed E-state index contributed by atoms with van der Waals surface area (Å²) in [6, 6.07) is 10.0. The summed E-state index contributed by atoms with van der Waals surface area (Å²) >= 11 is 7.14. The third-order valence-corrected chi connectivity index (χ3v) is 6.12. The zero-order chi connectivity index (χ0) is 26.3. The van der Waals surface area contributed by atoms with Crippen molar-refractivity contribution in [2.45, 2.75) is 25.9 Å². The first-order valence-corrected chi connectivity index (χ1v) is 11.9. The summed E-state index contributed by atoms with van der Waals surface area (Å²) in [6.45, 7) is 2.50. The standard InChI is InChI=1S/C25H21ClF3N3O3S/c1-3-8-35-21-7-4-15(10-22(21)34-2)9-17(13-30)23(33)32-24-31-14-19(36-24)12-16-11-18(25(27,28)29)5-6-20(16)26/h4-7,9-11,14H,3,8,12H2,1-2H3,(H,31,32,33). The van der Waals surface area contributed by atoms with Crippen molar-refractivity contribution in [3.8, 4) is 17.6 Å². The Hall–Kier alpha value is -3.55. The molecule has 0 unspecified atom stereocenters. The zero-order valence-corrected chi connectivity index (χ0v) is 20.9. The summed E-state index contributed by atoms with van der Waals surface area (Å²) < 4.78 is 50.0. The molecule has 3 rings (SSSR count). The zero-order valence-electron chi connectivity index (χ0n) is 19.3. The summed E-state index contributed by atoms with van der Waals surface area (Å²) in [4.78, 5) is 17.3. The minimum absolute atomic E-state index is 0.101. The molecule has 0 aliphatic carbocycles. The van der Waals surface area contributed by atoms with Crippen LogP contribution in [0.25, 0.3) is 6.08 Å². The molecule has 0 saturated heterocycles. The van der Waals surface area contributed by atoms with Gasteiger partial charge in [-0.15, -0.1) is 11.3 Å². The minimum Gasteiger partial charge on any atom is -0.493 e. The molecule has 36 heavy (non-hydrogen) atoms. The Morgan fingerprint density at radius 3 is 2.69 bits per heavy atom. The van der Waals surface area contributed by atoms with Gasteiger partial charge >= 0.3 is 6.18 Å². The number of nitrogens with zero attached hydrogens (tertiary/aromatic N) is 2. The highest BCUT2D eigenvalue weighted by molar-refractivity contribution is 7.15. The Morgan fingerprint density at radius 2 is 2.03 bits per heavy atom. The number of nitrogens with one attached hydrogen (secondary N) is 1. The van der Waals surface area contributed by atoms with E-state index in [-0.39, 0.29) is 27.7 Å². The number of methoxy groups -OCH3 is 1. The van der Waals surface area contributed by atoms with E-state index in [4.69, 9.17) is 21.1 Å². The number of nitriles is 1. The van der Waals surface area contributed by atoms with E-state index in [0.717, 1.165) is 29.9 Å². The van der Waals surface area contributed by atoms with Gasteiger partial charge in [-0.3, -0.25) is 10.1 Å². The number of ether oxygens (including phenoxy) is 2. The second-order valence-corrected chi connectivity index (χ2v) is 9.02. The van der Waals surface area contributed by atoms with Gasteiger partial charge < -0.3 is 9.47 Å². The number of carbonyl (C=O) groups excluding carboxylic acids is 1. The molecule has 0 aliphatic rings. The van der Waals surface area contributed by atoms with E-state index in [1.807, 2.05) is 13.0 Å². The van der Waals surface area contributed by atoms with Gasteiger partial charge in [0.25, 0.3) is 5.91 Å². The molecule has 6 nitrogen and oxygen atoms in total. The Labute approximate surface area is 214 Å². The molecule has 1 amide bonds. The average molecular weight is 536 g/mol. The Kier molecular flexibility index (Phi) is 8.96. The average Bonchev–Trinajstić information content (AvgIpc) is 3.28. The smallest absolute Gasteiger partial charge is 0.416 e. The molecular formula is C25H21ClF3N3O3S. The summed E-state index contributed by atoms with van der Waals surface area (Å²) in [6.07, 6.45) is -0.720. The first kappa shape index (κ1) is 27.0. The van der Waals surface area contributed by atoms with Crippen LogP contribution in [-0.4, -0.2) is 24.6 Å². The van der Waals surface area contributed by atoms with Crippen LogP contribution in [0.5, 0.6) is 11.5 Å². The number of hydrogen-bond donors (Lipinski definition) is 1. The number of anilines is 1. The molecule has 3 aromatic rings. The van der Waals surface area contributed by atoms with Gasteiger partial charge in [-0.05, 0) is 54.0 Å². The number of benzene rings is 2. The molecule has 2 aromatic carbocycles. The van der Waals surface area contributed by atoms with Crippen molar-refractivity contribution < 1.29 is 27.4 Å². The van der Waals surface area contributed by atoms with Crippen LogP contribution in [0.2, 0.25) is 5.02 Å². The van der Waals surface area contributed by atoms with Crippen molar-refractivity contribution in [2.75, 3.05) is 19.0 Å². The summed E-state index contributed by atoms with van der Waals surface area (Å²) in [5, 5.41) is 12.4. The normalized spacial score (nSPS) is 11.6. The monoisotopic (exact) mass is 535 g/mol. The number of alkyl halides is 3. The van der Waals surface area contributed by atoms with Crippen molar-refractivity contribution in [1.29, 1.82) is 5.26 Å². The maximum atomic E-state index is 13.0. The van der Waals surface area contributed by atoms with Gasteiger partial charge in [0.1, 0.15) is 11.6 Å². The van der Waals surface area contributed by atoms with Crippen molar-refractivity contribution in [3.63, 3.8) is 0 Å². The Balaban J connectivity index is 1.73. The largest absolute Gasteiger partial charge is 0.493 e. The van der Waals surface area contributed by atoms with Gasteiger partial charge in [-0.1, -0.05) is 24.6 Å². The quantitative estimate of drug-likeness (QED) is 0.242. The number of rotatable bonds is 9. The van der Waals surface area contributed by atoms with E-state index in [1.54, 1.807) is 18.2 Å². The lowest BCUT2D eigenvalue weighted by Crippen LogP contribution is -2.13. The van der Waals surface area contributed by atoms with Gasteiger partial charge in [-0.2, -0.15) is 18.4 Å². The molecule has 0 aliphatic heterocycles. The van der Waals surface area contributed by atoms with Crippen LogP contribution < -0.4 is 14.8 Å². The number of hydrogen-bond acceptors (Lipinski definition) is 6. The molecule has 0 bridgehead atoms. The first-order valence-electron chi connectivity index (χ1n) is 10.7. The van der Waals surface area contributed by atoms with Gasteiger partial charge in [-0.25, -0.2) is 4.98 Å². The molecule has 188 valence electrons. The predicted molar refractivity (Wildman–Crippen MR) is 132 cm³/mol. The third-order valence-electron chi connectivity index (χ3n) is 4.84. The summed E-state index contributed by atoms with van der Waals surface area (Å²) in [7, 11) is 1.49. The van der Waals surface area contributed by atoms with Crippen LogP contribution in [-0.2, 0) is 17.4 Å². The van der Waals surface area contributed by atoms with Crippen LogP contribution in [0.4, 0.5) is 18.3 Å². The second kappa shape index (κ2) is 11.9. The van der Waals surface area contributed by atoms with Crippen LogP contribution >= 0.6 is 22.9 Å². The van der Waals surface area contributed by atoms with Crippen LogP contribution in [0.15, 0.2) is 48.2 Å². The molecule has 1 aromatic heterocycles. The maximum absolute atomic E-state index is 13.0. The number of thiazole rings is 1. The molecule has 1 N–H and O–H groups in total. The van der Waals surface area contributed by atoms with Crippen molar-refractivity contribution in [1.82, 2.24) is 4.98 Å². The summed E-state index contributed by atoms with van der Waals surface area (Å²) in [5.41, 5.74) is -0.130. The van der Waals surface area contributed by atoms with E-state index in [9.17, 15) is 23.2 Å². The highest BCUT2D eigenvalue weighted by Crippen LogP contribution is 2.33. The molecule has 0 atom stereocenters. The van der Waals surface area contributed by atoms with Crippen LogP contribution in [0.1, 0.15) is 34.9 Å². The molecule has 0 radical (unpaired) electrons. The molecule has 11 heteroatoms. The SMILES string of the molecule is CCCOc1ccc(C=C(C#N)C(=O)Nc2ncc(Cc3cc(C(F)(F)F)ccc3Cl)s2)cc1OC. The lowest BCUT2D eigenvalue weighted by atomic mass is 10.1. The number of aromatic nitrogens is 1. The van der Waals surface area contributed by atoms with Crippen molar-refractivity contribution >= 4 is 40.1 Å². The Bertz CT molecular complexity index is 1320. The van der Waals surface area contributed by atoms with E-state index < -0.39 is 17.6 Å². The summed E-state index contributed by atoms with van der Waals surface area (Å²) in [5.74, 6) is 0.337. The van der Waals surface area contributed by atoms with E-state index in [1.165, 1.54) is 25.4 Å². The minimum atomic E-state index is -4.49. The van der Waals surface area contributed by atoms with E-state index in [2.05, 4.69) is 10.3 Å². The van der Waals surface area contributed by atoms with Gasteiger partial charge in [0.2, 0.25) is 0 Å². The second-order valence-electron chi connectivity index (χ2n) is 7.50. The van der Waals surface area contributed by atoms with Gasteiger partial charge in [0.15, 0.2) is 16.6 Å². The molecular weight excluding hydrogens is 515 g/mol. The number of carbonyl (C=O) groups is 1. The number of halogens is 4. The molecule has 0 fully saturated rings. The van der Waals surface area contributed by atoms with Crippen molar-refractivity contribution in [3.05, 3.63) is 74.8 Å². The fourth-order valence-corrected chi connectivity index (χ4v) is 4.12. The van der Waals surface area contributed by atoms with Crippen LogP contribution in [0, 0.1) is 11.3 Å². The highest BCUT2D eigenvalue weighted by Gasteiger charge is 2.31. The van der Waals surface area contributed by atoms with Gasteiger partial charge in [0.05, 0.1) is 19.3 Å². The fourth-order valence-electron chi connectivity index (χ4n) is 3.11. The predicted octanol–water partition coefficient (Wildman–Crippen LogP) is 6.75. The molecule has 0 spiro atoms. The molecule has 1 heterocycles. The lowest BCUT2D eigenvalue weighted by molar-refractivity contribution is -0.137. The maximum Gasteiger partial charge on any atom is 0.416 e.